The zero-order valence-electron chi connectivity index (χ0n) is 18.4. The number of benzene rings is 2. The summed E-state index contributed by atoms with van der Waals surface area (Å²) in [5.41, 5.74) is 5.85. The van der Waals surface area contributed by atoms with Gasteiger partial charge in [0.2, 0.25) is 0 Å². The first-order valence-corrected chi connectivity index (χ1v) is 14.2. The topological polar surface area (TPSA) is 12.0 Å². The van der Waals surface area contributed by atoms with E-state index in [4.69, 9.17) is 0 Å². The predicted molar refractivity (Wildman–Crippen MR) is 150 cm³/mol. The maximum Gasteiger partial charge on any atom is 0.0400 e. The molecule has 2 aliphatic carbocycles. The van der Waals surface area contributed by atoms with Crippen LogP contribution in [0.3, 0.4) is 0 Å². The van der Waals surface area contributed by atoms with Crippen molar-refractivity contribution in [2.75, 3.05) is 0 Å². The highest BCUT2D eigenvalue weighted by molar-refractivity contribution is 9.12. The smallest absolute Gasteiger partial charge is 0.0400 e. The summed E-state index contributed by atoms with van der Waals surface area (Å²) in [6, 6.07) is 22.8. The third kappa shape index (κ3) is 5.40. The van der Waals surface area contributed by atoms with E-state index in [9.17, 15) is 0 Å². The Kier molecular flexibility index (Phi) is 7.56. The lowest BCUT2D eigenvalue weighted by atomic mass is 9.67. The summed E-state index contributed by atoms with van der Waals surface area (Å²) < 4.78 is 2.40. The Morgan fingerprint density at radius 3 is 2.12 bits per heavy atom. The second kappa shape index (κ2) is 10.6. The standard InChI is InChI=1S/C29H28Br3N/c30-23-13-7-12-21(14-23)26-18-27(22-15-24(31)17-25(32)16-22)33-29(20-10-5-2-6-11-20)28(26)19-8-3-1-4-9-19/h1-6,8-11,13-15,17,25-29,33H,7,12,16,18H2/t25-,26?,27?,28?,29?/m0/s1. The number of allylic oxidation sites excluding steroid dienone is 7. The minimum Gasteiger partial charge on any atom is -0.303 e. The summed E-state index contributed by atoms with van der Waals surface area (Å²) in [7, 11) is 0. The highest BCUT2D eigenvalue weighted by Crippen LogP contribution is 2.49. The average Bonchev–Trinajstić information content (AvgIpc) is 2.84. The Morgan fingerprint density at radius 2 is 1.45 bits per heavy atom. The van der Waals surface area contributed by atoms with Gasteiger partial charge >= 0.3 is 0 Å². The molecule has 1 nitrogen and oxygen atoms in total. The zero-order chi connectivity index (χ0) is 22.8. The fourth-order valence-electron chi connectivity index (χ4n) is 5.69. The molecule has 170 valence electrons. The Bertz CT molecular complexity index is 1100. The monoisotopic (exact) mass is 627 g/mol. The van der Waals surface area contributed by atoms with E-state index in [0.29, 0.717) is 22.7 Å². The van der Waals surface area contributed by atoms with Gasteiger partial charge in [0.05, 0.1) is 0 Å². The Balaban J connectivity index is 1.61. The molecule has 0 saturated carbocycles. The maximum absolute atomic E-state index is 4.12. The van der Waals surface area contributed by atoms with Crippen LogP contribution in [0.1, 0.15) is 48.8 Å². The predicted octanol–water partition coefficient (Wildman–Crippen LogP) is 8.86. The van der Waals surface area contributed by atoms with Crippen LogP contribution in [0.2, 0.25) is 0 Å². The van der Waals surface area contributed by atoms with Crippen LogP contribution in [-0.4, -0.2) is 10.9 Å². The van der Waals surface area contributed by atoms with Gasteiger partial charge in [-0.15, -0.1) is 0 Å². The molecule has 0 bridgehead atoms. The molecule has 1 fully saturated rings. The largest absolute Gasteiger partial charge is 0.303 e. The number of piperidine rings is 1. The van der Waals surface area contributed by atoms with Crippen LogP contribution in [0.4, 0.5) is 0 Å². The Hall–Kier alpha value is -1.20. The van der Waals surface area contributed by atoms with Crippen molar-refractivity contribution in [1.82, 2.24) is 5.32 Å². The van der Waals surface area contributed by atoms with Crippen molar-refractivity contribution in [3.05, 3.63) is 116 Å². The molecule has 0 aromatic heterocycles. The third-order valence-electron chi connectivity index (χ3n) is 7.12. The number of halogens is 3. The SMILES string of the molecule is BrC1=CCCC(C2CC(C3=CC(Br)=C[C@@H](Br)C3)NC(c3ccccc3)C2c2ccccc2)=C1. The van der Waals surface area contributed by atoms with Crippen LogP contribution < -0.4 is 5.32 Å². The van der Waals surface area contributed by atoms with E-state index in [-0.39, 0.29) is 6.04 Å². The number of hydrogen-bond acceptors (Lipinski definition) is 1. The second-order valence-corrected chi connectivity index (χ2v) is 12.2. The van der Waals surface area contributed by atoms with Crippen molar-refractivity contribution in [3.63, 3.8) is 0 Å². The van der Waals surface area contributed by atoms with Crippen LogP contribution in [-0.2, 0) is 0 Å². The summed E-state index contributed by atoms with van der Waals surface area (Å²) in [5, 5.41) is 4.12. The summed E-state index contributed by atoms with van der Waals surface area (Å²) in [5.74, 6) is 0.863. The number of nitrogens with one attached hydrogen (secondary N) is 1. The molecular weight excluding hydrogens is 602 g/mol. The first-order chi connectivity index (χ1) is 16.1. The van der Waals surface area contributed by atoms with Crippen molar-refractivity contribution in [3.8, 4) is 0 Å². The van der Waals surface area contributed by atoms with Crippen molar-refractivity contribution in [2.45, 2.75) is 48.5 Å². The lowest BCUT2D eigenvalue weighted by molar-refractivity contribution is 0.241. The molecule has 1 saturated heterocycles. The highest BCUT2D eigenvalue weighted by atomic mass is 79.9. The van der Waals surface area contributed by atoms with Gasteiger partial charge in [0.15, 0.2) is 0 Å². The minimum absolute atomic E-state index is 0.252. The van der Waals surface area contributed by atoms with E-state index in [1.807, 2.05) is 0 Å². The molecule has 1 heterocycles. The van der Waals surface area contributed by atoms with Crippen LogP contribution in [0.25, 0.3) is 0 Å². The molecule has 4 unspecified atom stereocenters. The lowest BCUT2D eigenvalue weighted by Crippen LogP contribution is -2.47. The number of hydrogen-bond donors (Lipinski definition) is 1. The summed E-state index contributed by atoms with van der Waals surface area (Å²) in [6.07, 6.45) is 13.7. The van der Waals surface area contributed by atoms with Gasteiger partial charge in [-0.05, 0) is 54.9 Å². The molecule has 2 aromatic carbocycles. The van der Waals surface area contributed by atoms with E-state index < -0.39 is 0 Å². The van der Waals surface area contributed by atoms with Gasteiger partial charge in [-0.3, -0.25) is 0 Å². The second-order valence-electron chi connectivity index (χ2n) is 9.22. The zero-order valence-corrected chi connectivity index (χ0v) is 23.2. The molecule has 3 aliphatic rings. The normalized spacial score (nSPS) is 30.1. The van der Waals surface area contributed by atoms with E-state index >= 15 is 0 Å². The van der Waals surface area contributed by atoms with Gasteiger partial charge < -0.3 is 5.32 Å². The van der Waals surface area contributed by atoms with Gasteiger partial charge in [-0.1, -0.05) is 132 Å². The average molecular weight is 630 g/mol. The van der Waals surface area contributed by atoms with Gasteiger partial charge in [0.1, 0.15) is 0 Å². The Morgan fingerprint density at radius 1 is 0.788 bits per heavy atom. The van der Waals surface area contributed by atoms with Gasteiger partial charge in [-0.2, -0.15) is 0 Å². The van der Waals surface area contributed by atoms with E-state index in [1.165, 1.54) is 25.7 Å². The molecule has 5 rings (SSSR count). The molecule has 1 N–H and O–H groups in total. The van der Waals surface area contributed by atoms with Gasteiger partial charge in [0, 0.05) is 31.8 Å². The van der Waals surface area contributed by atoms with E-state index in [1.54, 1.807) is 5.57 Å². The molecule has 0 spiro atoms. The van der Waals surface area contributed by atoms with Crippen LogP contribution in [0.15, 0.2) is 105 Å². The number of rotatable bonds is 4. The summed E-state index contributed by atoms with van der Waals surface area (Å²) in [6.45, 7) is 0. The fraction of sp³-hybridized carbons (Fsp3) is 0.310. The van der Waals surface area contributed by atoms with Crippen molar-refractivity contribution < 1.29 is 0 Å². The minimum atomic E-state index is 0.252. The van der Waals surface area contributed by atoms with Crippen LogP contribution in [0, 0.1) is 5.92 Å². The molecule has 4 heteroatoms. The molecular formula is C29H28Br3N. The first kappa shape index (κ1) is 23.5. The molecule has 0 amide bonds. The third-order valence-corrected chi connectivity index (χ3v) is 8.75. The first-order valence-electron chi connectivity index (χ1n) is 11.7. The van der Waals surface area contributed by atoms with E-state index in [2.05, 4.69) is 138 Å². The summed E-state index contributed by atoms with van der Waals surface area (Å²) in [4.78, 5) is 0.375. The Labute approximate surface area is 222 Å². The van der Waals surface area contributed by atoms with Crippen molar-refractivity contribution in [1.29, 1.82) is 0 Å². The molecule has 0 radical (unpaired) electrons. The molecule has 33 heavy (non-hydrogen) atoms. The van der Waals surface area contributed by atoms with Crippen LogP contribution >= 0.6 is 47.8 Å². The maximum atomic E-state index is 4.12. The van der Waals surface area contributed by atoms with Gasteiger partial charge in [-0.25, -0.2) is 0 Å². The van der Waals surface area contributed by atoms with E-state index in [0.717, 1.165) is 25.7 Å². The van der Waals surface area contributed by atoms with Gasteiger partial charge in [0.25, 0.3) is 0 Å². The highest BCUT2D eigenvalue weighted by Gasteiger charge is 2.42. The lowest BCUT2D eigenvalue weighted by Gasteiger charge is -2.46. The fourth-order valence-corrected chi connectivity index (χ4v) is 7.84. The molecule has 1 aliphatic heterocycles. The quantitative estimate of drug-likeness (QED) is 0.333. The number of alkyl halides is 1. The molecule has 2 aromatic rings. The van der Waals surface area contributed by atoms with Crippen LogP contribution in [0.5, 0.6) is 0 Å². The summed E-state index contributed by atoms with van der Waals surface area (Å²) >= 11 is 11.4. The van der Waals surface area contributed by atoms with Crippen molar-refractivity contribution >= 4 is 47.8 Å². The van der Waals surface area contributed by atoms with Crippen molar-refractivity contribution in [2.24, 2.45) is 5.92 Å². The molecule has 5 atom stereocenters.